The van der Waals surface area contributed by atoms with Crippen LogP contribution in [0.15, 0.2) is 35.5 Å². The fraction of sp³-hybridized carbons (Fsp3) is 0.368. The molecule has 1 N–H and O–H groups in total. The van der Waals surface area contributed by atoms with Gasteiger partial charge in [-0.3, -0.25) is 19.1 Å². The maximum atomic E-state index is 12.8. The topological polar surface area (TPSA) is 72.6 Å². The van der Waals surface area contributed by atoms with Crippen LogP contribution >= 0.6 is 11.3 Å². The Morgan fingerprint density at radius 2 is 2.00 bits per heavy atom. The van der Waals surface area contributed by atoms with E-state index >= 15 is 0 Å². The normalized spacial score (nSPS) is 14.7. The van der Waals surface area contributed by atoms with E-state index in [1.807, 2.05) is 43.1 Å². The van der Waals surface area contributed by atoms with Crippen LogP contribution in [-0.2, 0) is 11.3 Å². The highest BCUT2D eigenvalue weighted by Crippen LogP contribution is 2.25. The van der Waals surface area contributed by atoms with E-state index in [2.05, 4.69) is 14.9 Å². The number of H-pyrrole nitrogens is 1. The van der Waals surface area contributed by atoms with Gasteiger partial charge >= 0.3 is 0 Å². The van der Waals surface area contributed by atoms with Gasteiger partial charge in [0, 0.05) is 10.9 Å². The Bertz CT molecular complexity index is 1040. The molecule has 3 aromatic heterocycles. The quantitative estimate of drug-likeness (QED) is 0.681. The first-order valence-electron chi connectivity index (χ1n) is 8.99. The summed E-state index contributed by atoms with van der Waals surface area (Å²) in [6, 6.07) is 5.97. The van der Waals surface area contributed by atoms with Crippen LogP contribution in [0.25, 0.3) is 10.2 Å². The first kappa shape index (κ1) is 17.7. The van der Waals surface area contributed by atoms with Crippen molar-refractivity contribution in [2.45, 2.75) is 20.4 Å². The van der Waals surface area contributed by atoms with Gasteiger partial charge in [0.25, 0.3) is 11.4 Å². The molecule has 27 heavy (non-hydrogen) atoms. The number of aryl methyl sites for hydroxylation is 2. The van der Waals surface area contributed by atoms with Gasteiger partial charge in [-0.15, -0.1) is 11.3 Å². The predicted molar refractivity (Wildman–Crippen MR) is 105 cm³/mol. The highest BCUT2D eigenvalue weighted by Gasteiger charge is 2.26. The van der Waals surface area contributed by atoms with Gasteiger partial charge in [0.1, 0.15) is 24.5 Å². The molecule has 1 fully saturated rings. The second-order valence-corrected chi connectivity index (χ2v) is 7.96. The molecule has 140 valence electrons. The van der Waals surface area contributed by atoms with Crippen LogP contribution in [0.4, 0.5) is 5.82 Å². The highest BCUT2D eigenvalue weighted by atomic mass is 32.1. The van der Waals surface area contributed by atoms with Crippen LogP contribution in [0, 0.1) is 13.8 Å². The van der Waals surface area contributed by atoms with Crippen molar-refractivity contribution in [2.75, 3.05) is 31.1 Å². The molecule has 8 heteroatoms. The fourth-order valence-corrected chi connectivity index (χ4v) is 4.39. The van der Waals surface area contributed by atoms with E-state index in [0.717, 1.165) is 34.2 Å². The molecule has 1 aliphatic rings. The third kappa shape index (κ3) is 3.32. The van der Waals surface area contributed by atoms with Crippen molar-refractivity contribution in [1.29, 1.82) is 0 Å². The Hall–Kier alpha value is -2.74. The molecule has 4 rings (SSSR count). The molecule has 0 radical (unpaired) electrons. The van der Waals surface area contributed by atoms with Gasteiger partial charge in [0.15, 0.2) is 0 Å². The summed E-state index contributed by atoms with van der Waals surface area (Å²) >= 11 is 1.52. The average molecular weight is 384 g/mol. The number of hydrogen-bond acceptors (Lipinski definition) is 5. The molecule has 0 aliphatic carbocycles. The molecular formula is C19H22N5O2S+. The summed E-state index contributed by atoms with van der Waals surface area (Å²) < 4.78 is 1.43. The van der Waals surface area contributed by atoms with Crippen molar-refractivity contribution >= 4 is 33.3 Å². The Morgan fingerprint density at radius 3 is 2.70 bits per heavy atom. The lowest BCUT2D eigenvalue weighted by Crippen LogP contribution is -2.51. The first-order chi connectivity index (χ1) is 13.0. The van der Waals surface area contributed by atoms with Gasteiger partial charge in [-0.1, -0.05) is 6.07 Å². The van der Waals surface area contributed by atoms with Gasteiger partial charge in [-0.05, 0) is 25.5 Å². The predicted octanol–water partition coefficient (Wildman–Crippen LogP) is 1.24. The number of carbonyl (C=O) groups excluding carboxylic acids is 1. The lowest BCUT2D eigenvalue weighted by Gasteiger charge is -2.31. The van der Waals surface area contributed by atoms with Crippen LogP contribution in [0.2, 0.25) is 0 Å². The van der Waals surface area contributed by atoms with Gasteiger partial charge < -0.3 is 4.90 Å². The van der Waals surface area contributed by atoms with Crippen LogP contribution in [0.3, 0.4) is 0 Å². The molecule has 0 aromatic carbocycles. The molecule has 0 bridgehead atoms. The summed E-state index contributed by atoms with van der Waals surface area (Å²) in [6.45, 7) is 6.77. The number of nitrogens with zero attached hydrogens (tertiary/aromatic N) is 4. The number of thiophene rings is 1. The Balaban J connectivity index is 1.46. The smallest absolute Gasteiger partial charge is 0.274 e. The van der Waals surface area contributed by atoms with E-state index in [1.54, 1.807) is 0 Å². The highest BCUT2D eigenvalue weighted by molar-refractivity contribution is 7.18. The van der Waals surface area contributed by atoms with E-state index in [9.17, 15) is 9.59 Å². The number of nitrogens with one attached hydrogen (secondary N) is 1. The summed E-state index contributed by atoms with van der Waals surface area (Å²) in [5.41, 5.74) is 0.828. The standard InChI is InChI=1S/C19H21N5O2S/c1-13-14(2)27-18-17(13)19(26)24(12-21-18)11-16(25)23-9-7-22(8-10-23)15-5-3-4-6-20-15/h3-6,12H,7-11H2,1-2H3/p+1. The second-order valence-electron chi connectivity index (χ2n) is 6.76. The number of amides is 1. The molecule has 4 heterocycles. The minimum absolute atomic E-state index is 0.0353. The number of rotatable bonds is 3. The lowest BCUT2D eigenvalue weighted by molar-refractivity contribution is -0.364. The van der Waals surface area contributed by atoms with Crippen molar-refractivity contribution in [1.82, 2.24) is 14.5 Å². The molecule has 0 atom stereocenters. The van der Waals surface area contributed by atoms with Crippen molar-refractivity contribution in [3.8, 4) is 0 Å². The van der Waals surface area contributed by atoms with Crippen LogP contribution in [0.5, 0.6) is 0 Å². The Kier molecular flexibility index (Phi) is 4.65. The number of hydrogen-bond donors (Lipinski definition) is 0. The number of fused-ring (bicyclic) bond motifs is 1. The molecule has 0 unspecified atom stereocenters. The zero-order chi connectivity index (χ0) is 19.0. The largest absolute Gasteiger partial charge is 0.333 e. The Morgan fingerprint density at radius 1 is 1.22 bits per heavy atom. The SMILES string of the molecule is Cc1sc2ncn(CC(=O)N3CCN(c4cccc[nH+]4)CC3)c(=O)c2c1C. The van der Waals surface area contributed by atoms with E-state index in [-0.39, 0.29) is 18.0 Å². The van der Waals surface area contributed by atoms with Crippen LogP contribution in [0.1, 0.15) is 10.4 Å². The van der Waals surface area contributed by atoms with Crippen molar-refractivity contribution in [3.63, 3.8) is 0 Å². The third-order valence-corrected chi connectivity index (χ3v) is 6.24. The number of pyridine rings is 1. The fourth-order valence-electron chi connectivity index (χ4n) is 3.41. The van der Waals surface area contributed by atoms with E-state index < -0.39 is 0 Å². The molecule has 1 saturated heterocycles. The summed E-state index contributed by atoms with van der Waals surface area (Å²) in [6.07, 6.45) is 3.39. The number of aromatic amines is 1. The van der Waals surface area contributed by atoms with Crippen molar-refractivity contribution < 1.29 is 9.78 Å². The average Bonchev–Trinajstić information content (AvgIpc) is 2.99. The summed E-state index contributed by atoms with van der Waals surface area (Å²) in [7, 11) is 0. The molecule has 7 nitrogen and oxygen atoms in total. The second kappa shape index (κ2) is 7.11. The number of anilines is 1. The van der Waals surface area contributed by atoms with Gasteiger partial charge in [0.05, 0.1) is 31.0 Å². The molecular weight excluding hydrogens is 362 g/mol. The third-order valence-electron chi connectivity index (χ3n) is 5.13. The number of carbonyl (C=O) groups is 1. The summed E-state index contributed by atoms with van der Waals surface area (Å²) in [5, 5.41) is 0.636. The van der Waals surface area contributed by atoms with Crippen molar-refractivity contribution in [3.05, 3.63) is 51.5 Å². The summed E-state index contributed by atoms with van der Waals surface area (Å²) in [5.74, 6) is 1.01. The molecule has 1 amide bonds. The minimum Gasteiger partial charge on any atom is -0.333 e. The van der Waals surface area contributed by atoms with E-state index in [1.165, 1.54) is 22.2 Å². The molecule has 3 aromatic rings. The van der Waals surface area contributed by atoms with E-state index in [4.69, 9.17) is 0 Å². The summed E-state index contributed by atoms with van der Waals surface area (Å²) in [4.78, 5) is 38.9. The molecule has 1 aliphatic heterocycles. The zero-order valence-electron chi connectivity index (χ0n) is 15.4. The van der Waals surface area contributed by atoms with Gasteiger partial charge in [0.2, 0.25) is 5.91 Å². The van der Waals surface area contributed by atoms with Gasteiger partial charge in [-0.2, -0.15) is 0 Å². The zero-order valence-corrected chi connectivity index (χ0v) is 16.3. The first-order valence-corrected chi connectivity index (χ1v) is 9.81. The molecule has 0 saturated carbocycles. The maximum absolute atomic E-state index is 12.8. The van der Waals surface area contributed by atoms with Gasteiger partial charge in [-0.25, -0.2) is 9.97 Å². The number of aromatic nitrogens is 3. The monoisotopic (exact) mass is 384 g/mol. The Labute approximate surface area is 160 Å². The minimum atomic E-state index is -0.132. The van der Waals surface area contributed by atoms with Crippen LogP contribution < -0.4 is 15.4 Å². The van der Waals surface area contributed by atoms with E-state index in [0.29, 0.717) is 18.5 Å². The maximum Gasteiger partial charge on any atom is 0.274 e. The van der Waals surface area contributed by atoms with Crippen molar-refractivity contribution in [2.24, 2.45) is 0 Å². The lowest BCUT2D eigenvalue weighted by atomic mass is 10.2. The number of piperazine rings is 1. The molecule has 0 spiro atoms. The van der Waals surface area contributed by atoms with Crippen LogP contribution in [-0.4, -0.2) is 46.5 Å².